The molecule has 1 aliphatic heterocycles. The zero-order valence-electron chi connectivity index (χ0n) is 20.9. The van der Waals surface area contributed by atoms with Crippen molar-refractivity contribution in [3.05, 3.63) is 110 Å². The van der Waals surface area contributed by atoms with Crippen molar-refractivity contribution in [1.82, 2.24) is 5.32 Å². The van der Waals surface area contributed by atoms with Gasteiger partial charge in [-0.3, -0.25) is 4.79 Å². The maximum absolute atomic E-state index is 15.6. The molecule has 4 rings (SSSR count). The fourth-order valence-corrected chi connectivity index (χ4v) is 5.82. The summed E-state index contributed by atoms with van der Waals surface area (Å²) in [5.41, 5.74) is -1.35. The zero-order valence-corrected chi connectivity index (χ0v) is 23.2. The third-order valence-electron chi connectivity index (χ3n) is 6.94. The van der Waals surface area contributed by atoms with Crippen molar-refractivity contribution in [3.8, 4) is 6.07 Å². The molecule has 0 aromatic heterocycles. The number of anilines is 1. The SMILES string of the molecule is C=C(C)C[C@@H]1N[C@@H](C(=O)Nc2ccc(C(=O)O)cc2Cl)[C@H](c2cccc(Cl)c2F)[C@@]1(C#N)c1ccc(Cl)cc1F. The molecular weight excluding hydrogens is 583 g/mol. The molecule has 3 aromatic rings. The maximum Gasteiger partial charge on any atom is 0.335 e. The standard InChI is InChI=1S/C29H22Cl3F2N3O3/c1-14(2)10-23-29(13-35,18-8-7-16(30)12-21(18)33)24(17-4-3-5-19(31)25(17)34)26(37-23)27(38)36-22-9-6-15(28(39)40)11-20(22)32/h3-9,11-12,23-24,26,37H,1,10H2,2H3,(H,36,38)(H,39,40)/t23-,24-,26+,29-/m0/s1. The molecule has 0 aliphatic carbocycles. The van der Waals surface area contributed by atoms with Crippen LogP contribution in [0.25, 0.3) is 0 Å². The van der Waals surface area contributed by atoms with E-state index in [0.29, 0.717) is 5.57 Å². The number of benzene rings is 3. The Morgan fingerprint density at radius 3 is 2.45 bits per heavy atom. The van der Waals surface area contributed by atoms with Gasteiger partial charge >= 0.3 is 5.97 Å². The molecule has 0 bridgehead atoms. The Morgan fingerprint density at radius 1 is 1.12 bits per heavy atom. The number of rotatable bonds is 7. The van der Waals surface area contributed by atoms with E-state index in [1.165, 1.54) is 48.5 Å². The number of carboxylic acid groups (broad SMARTS) is 1. The molecule has 4 atom stereocenters. The van der Waals surface area contributed by atoms with Gasteiger partial charge in [0, 0.05) is 22.5 Å². The molecule has 40 heavy (non-hydrogen) atoms. The molecule has 11 heteroatoms. The number of nitrogens with one attached hydrogen (secondary N) is 2. The highest BCUT2D eigenvalue weighted by molar-refractivity contribution is 6.34. The van der Waals surface area contributed by atoms with Gasteiger partial charge in [0.15, 0.2) is 0 Å². The minimum atomic E-state index is -1.82. The van der Waals surface area contributed by atoms with Crippen LogP contribution in [-0.4, -0.2) is 29.1 Å². The summed E-state index contributed by atoms with van der Waals surface area (Å²) >= 11 is 18.4. The quantitative estimate of drug-likeness (QED) is 0.249. The molecule has 1 aliphatic rings. The van der Waals surface area contributed by atoms with Crippen molar-refractivity contribution < 1.29 is 23.5 Å². The first kappa shape index (κ1) is 29.5. The fourth-order valence-electron chi connectivity index (χ4n) is 5.25. The van der Waals surface area contributed by atoms with Crippen molar-refractivity contribution in [3.63, 3.8) is 0 Å². The summed E-state index contributed by atoms with van der Waals surface area (Å²) in [7, 11) is 0. The van der Waals surface area contributed by atoms with Crippen LogP contribution in [0.4, 0.5) is 14.5 Å². The Bertz CT molecular complexity index is 1580. The van der Waals surface area contributed by atoms with E-state index in [0.717, 1.165) is 6.07 Å². The van der Waals surface area contributed by atoms with E-state index >= 15 is 8.78 Å². The van der Waals surface area contributed by atoms with Crippen LogP contribution in [0.2, 0.25) is 15.1 Å². The summed E-state index contributed by atoms with van der Waals surface area (Å²) in [6, 6.07) is 11.8. The van der Waals surface area contributed by atoms with Crippen molar-refractivity contribution in [2.75, 3.05) is 5.32 Å². The van der Waals surface area contributed by atoms with Crippen LogP contribution < -0.4 is 10.6 Å². The van der Waals surface area contributed by atoms with Crippen LogP contribution in [0, 0.1) is 23.0 Å². The predicted molar refractivity (Wildman–Crippen MR) is 150 cm³/mol. The summed E-state index contributed by atoms with van der Waals surface area (Å²) in [5.74, 6) is -4.87. The van der Waals surface area contributed by atoms with Crippen molar-refractivity contribution in [2.45, 2.75) is 36.8 Å². The average Bonchev–Trinajstić information content (AvgIpc) is 3.20. The normalized spacial score (nSPS) is 22.0. The molecule has 0 unspecified atom stereocenters. The van der Waals surface area contributed by atoms with Crippen molar-refractivity contribution >= 4 is 52.4 Å². The van der Waals surface area contributed by atoms with E-state index in [-0.39, 0.29) is 43.9 Å². The molecular formula is C29H22Cl3F2N3O3. The fraction of sp³-hybridized carbons (Fsp3) is 0.207. The van der Waals surface area contributed by atoms with Gasteiger partial charge in [0.2, 0.25) is 5.91 Å². The Labute approximate surface area is 244 Å². The van der Waals surface area contributed by atoms with Gasteiger partial charge in [-0.25, -0.2) is 13.6 Å². The number of aromatic carboxylic acids is 1. The molecule has 0 spiro atoms. The lowest BCUT2D eigenvalue weighted by atomic mass is 9.64. The summed E-state index contributed by atoms with van der Waals surface area (Å²) < 4.78 is 31.2. The summed E-state index contributed by atoms with van der Waals surface area (Å²) in [6.45, 7) is 5.64. The van der Waals surface area contributed by atoms with Crippen molar-refractivity contribution in [2.24, 2.45) is 0 Å². The molecule has 1 fully saturated rings. The Balaban J connectivity index is 1.93. The lowest BCUT2D eigenvalue weighted by Gasteiger charge is -2.35. The van der Waals surface area contributed by atoms with Gasteiger partial charge in [-0.2, -0.15) is 5.26 Å². The van der Waals surface area contributed by atoms with Crippen LogP contribution in [-0.2, 0) is 10.2 Å². The number of nitriles is 1. The molecule has 0 saturated carbocycles. The van der Waals surface area contributed by atoms with Crippen molar-refractivity contribution in [1.29, 1.82) is 5.26 Å². The lowest BCUT2D eigenvalue weighted by molar-refractivity contribution is -0.118. The third-order valence-corrected chi connectivity index (χ3v) is 7.78. The van der Waals surface area contributed by atoms with E-state index in [4.69, 9.17) is 34.8 Å². The second-order valence-electron chi connectivity index (χ2n) is 9.57. The first-order valence-electron chi connectivity index (χ1n) is 12.0. The second-order valence-corrected chi connectivity index (χ2v) is 10.8. The van der Waals surface area contributed by atoms with Gasteiger partial charge in [0.05, 0.1) is 33.4 Å². The summed E-state index contributed by atoms with van der Waals surface area (Å²) in [4.78, 5) is 25.1. The van der Waals surface area contributed by atoms with Gasteiger partial charge < -0.3 is 15.7 Å². The number of carbonyl (C=O) groups is 2. The minimum Gasteiger partial charge on any atom is -0.478 e. The van der Waals surface area contributed by atoms with Crippen LogP contribution in [0.3, 0.4) is 0 Å². The minimum absolute atomic E-state index is 0.0505. The highest BCUT2D eigenvalue weighted by atomic mass is 35.5. The zero-order chi connectivity index (χ0) is 29.4. The Hall–Kier alpha value is -3.48. The number of hydrogen-bond donors (Lipinski definition) is 3. The largest absolute Gasteiger partial charge is 0.478 e. The van der Waals surface area contributed by atoms with Crippen LogP contribution in [0.5, 0.6) is 0 Å². The topological polar surface area (TPSA) is 102 Å². The molecule has 1 saturated heterocycles. The Morgan fingerprint density at radius 2 is 1.85 bits per heavy atom. The highest BCUT2D eigenvalue weighted by Gasteiger charge is 2.60. The number of hydrogen-bond acceptors (Lipinski definition) is 4. The van der Waals surface area contributed by atoms with Gasteiger partial charge in [0.1, 0.15) is 17.0 Å². The lowest BCUT2D eigenvalue weighted by Crippen LogP contribution is -2.43. The predicted octanol–water partition coefficient (Wildman–Crippen LogP) is 7.11. The second kappa shape index (κ2) is 11.6. The number of halogens is 5. The molecule has 3 aromatic carbocycles. The summed E-state index contributed by atoms with van der Waals surface area (Å²) in [6.07, 6.45) is 0.145. The number of carboxylic acids is 1. The van der Waals surface area contributed by atoms with Crippen LogP contribution >= 0.6 is 34.8 Å². The van der Waals surface area contributed by atoms with Crippen LogP contribution in [0.1, 0.15) is 40.7 Å². The molecule has 206 valence electrons. The Kier molecular flexibility index (Phi) is 8.52. The monoisotopic (exact) mass is 603 g/mol. The molecule has 1 heterocycles. The first-order chi connectivity index (χ1) is 18.9. The van der Waals surface area contributed by atoms with E-state index in [1.807, 2.05) is 0 Å². The van der Waals surface area contributed by atoms with Gasteiger partial charge in [-0.15, -0.1) is 6.58 Å². The van der Waals surface area contributed by atoms with E-state index in [2.05, 4.69) is 23.3 Å². The van der Waals surface area contributed by atoms with Gasteiger partial charge in [-0.05, 0) is 55.3 Å². The van der Waals surface area contributed by atoms with Gasteiger partial charge in [0.25, 0.3) is 0 Å². The maximum atomic E-state index is 15.6. The van der Waals surface area contributed by atoms with Gasteiger partial charge in [-0.1, -0.05) is 58.6 Å². The summed E-state index contributed by atoms with van der Waals surface area (Å²) in [5, 5.41) is 25.6. The van der Waals surface area contributed by atoms with E-state index in [9.17, 15) is 20.0 Å². The average molecular weight is 605 g/mol. The van der Waals surface area contributed by atoms with E-state index < -0.39 is 46.9 Å². The highest BCUT2D eigenvalue weighted by Crippen LogP contribution is 2.52. The third kappa shape index (κ3) is 5.30. The smallest absolute Gasteiger partial charge is 0.335 e. The molecule has 6 nitrogen and oxygen atoms in total. The first-order valence-corrected chi connectivity index (χ1v) is 13.1. The van der Waals surface area contributed by atoms with E-state index in [1.54, 1.807) is 6.92 Å². The van der Waals surface area contributed by atoms with Crippen LogP contribution in [0.15, 0.2) is 66.7 Å². The molecule has 1 amide bonds. The number of carbonyl (C=O) groups excluding carboxylic acids is 1. The number of amides is 1. The number of nitrogens with zero attached hydrogens (tertiary/aromatic N) is 1. The molecule has 3 N–H and O–H groups in total. The molecule has 0 radical (unpaired) electrons.